The number of azo groups is 1. The quantitative estimate of drug-likeness (QED) is 0.432. The van der Waals surface area contributed by atoms with Gasteiger partial charge in [-0.3, -0.25) is 0 Å². The summed E-state index contributed by atoms with van der Waals surface area (Å²) in [5, 5.41) is 26.2. The number of benzene rings is 2. The molecule has 7 heteroatoms. The van der Waals surface area contributed by atoms with Crippen LogP contribution in [-0.4, -0.2) is 25.7 Å². The van der Waals surface area contributed by atoms with E-state index >= 15 is 0 Å². The molecular weight excluding hydrogens is 366 g/mol. The highest BCUT2D eigenvalue weighted by atomic mass is 16.5. The molecule has 7 nitrogen and oxygen atoms in total. The number of carbonyl (C=O) groups is 1. The topological polar surface area (TPSA) is 102 Å². The van der Waals surface area contributed by atoms with Gasteiger partial charge in [-0.1, -0.05) is 0 Å². The molecule has 2 rings (SSSR count). The first-order valence-electron chi connectivity index (χ1n) is 9.37. The summed E-state index contributed by atoms with van der Waals surface area (Å²) in [6.07, 6.45) is 0.793. The molecule has 0 aliphatic heterocycles. The first-order valence-corrected chi connectivity index (χ1v) is 9.37. The Morgan fingerprint density at radius 2 is 1.69 bits per heavy atom. The molecule has 0 atom stereocenters. The normalized spacial score (nSPS) is 10.3. The van der Waals surface area contributed by atoms with E-state index in [1.54, 1.807) is 31.2 Å². The Balaban J connectivity index is 2.12. The summed E-state index contributed by atoms with van der Waals surface area (Å²) in [5.74, 6) is -0.361. The van der Waals surface area contributed by atoms with Crippen molar-refractivity contribution in [3.05, 3.63) is 53.6 Å². The van der Waals surface area contributed by atoms with Crippen molar-refractivity contribution in [2.24, 2.45) is 10.2 Å². The third-order valence-corrected chi connectivity index (χ3v) is 4.18. The van der Waals surface area contributed by atoms with Crippen LogP contribution < -0.4 is 4.90 Å². The lowest BCUT2D eigenvalue weighted by Gasteiger charge is -2.23. The number of esters is 1. The van der Waals surface area contributed by atoms with Gasteiger partial charge in [0.1, 0.15) is 0 Å². The van der Waals surface area contributed by atoms with E-state index in [9.17, 15) is 4.79 Å². The second-order valence-corrected chi connectivity index (χ2v) is 6.24. The van der Waals surface area contributed by atoms with Gasteiger partial charge >= 0.3 is 5.97 Å². The molecule has 0 aliphatic carbocycles. The van der Waals surface area contributed by atoms with Crippen molar-refractivity contribution in [2.45, 2.75) is 26.7 Å². The molecule has 0 fully saturated rings. The Morgan fingerprint density at radius 1 is 1.03 bits per heavy atom. The van der Waals surface area contributed by atoms with Crippen LogP contribution in [0, 0.1) is 29.6 Å². The van der Waals surface area contributed by atoms with Crippen LogP contribution in [0.25, 0.3) is 0 Å². The van der Waals surface area contributed by atoms with E-state index in [4.69, 9.17) is 15.3 Å². The monoisotopic (exact) mass is 389 g/mol. The molecule has 0 N–H and O–H groups in total. The van der Waals surface area contributed by atoms with Gasteiger partial charge < -0.3 is 9.64 Å². The minimum absolute atomic E-state index is 0.333. The van der Waals surface area contributed by atoms with E-state index in [2.05, 4.69) is 22.4 Å². The van der Waals surface area contributed by atoms with Gasteiger partial charge in [0.2, 0.25) is 0 Å². The van der Waals surface area contributed by atoms with Crippen LogP contribution in [0.2, 0.25) is 0 Å². The fourth-order valence-electron chi connectivity index (χ4n) is 2.68. The Labute approximate surface area is 170 Å². The van der Waals surface area contributed by atoms with Crippen molar-refractivity contribution in [3.8, 4) is 12.1 Å². The smallest absolute Gasteiger partial charge is 0.338 e. The lowest BCUT2D eigenvalue weighted by atomic mass is 10.1. The van der Waals surface area contributed by atoms with Crippen LogP contribution in [0.3, 0.4) is 0 Å². The number of aryl methyl sites for hydroxylation is 1. The molecule has 29 heavy (non-hydrogen) atoms. The second kappa shape index (κ2) is 11.2. The first kappa shape index (κ1) is 21.6. The highest BCUT2D eigenvalue weighted by molar-refractivity contribution is 5.89. The molecule has 2 aromatic carbocycles. The molecular formula is C22H23N5O2. The molecule has 2 aromatic rings. The van der Waals surface area contributed by atoms with Crippen molar-refractivity contribution in [3.63, 3.8) is 0 Å². The first-order chi connectivity index (χ1) is 14.1. The minimum atomic E-state index is -0.361. The predicted molar refractivity (Wildman–Crippen MR) is 110 cm³/mol. The Morgan fingerprint density at radius 3 is 2.24 bits per heavy atom. The number of hydrogen-bond acceptors (Lipinski definition) is 7. The maximum Gasteiger partial charge on any atom is 0.338 e. The van der Waals surface area contributed by atoms with Crippen LogP contribution >= 0.6 is 0 Å². The summed E-state index contributed by atoms with van der Waals surface area (Å²) in [6.45, 7) is 5.19. The summed E-state index contributed by atoms with van der Waals surface area (Å²) < 4.78 is 4.96. The van der Waals surface area contributed by atoms with Crippen molar-refractivity contribution in [1.82, 2.24) is 0 Å². The molecule has 0 heterocycles. The highest BCUT2D eigenvalue weighted by Crippen LogP contribution is 2.27. The number of hydrogen-bond donors (Lipinski definition) is 0. The number of ether oxygens (including phenoxy) is 1. The largest absolute Gasteiger partial charge is 0.462 e. The summed E-state index contributed by atoms with van der Waals surface area (Å²) in [7, 11) is 0. The van der Waals surface area contributed by atoms with Crippen molar-refractivity contribution in [2.75, 3.05) is 24.6 Å². The van der Waals surface area contributed by atoms with Gasteiger partial charge in [-0.2, -0.15) is 20.8 Å². The third kappa shape index (κ3) is 6.44. The van der Waals surface area contributed by atoms with E-state index in [0.717, 1.165) is 16.9 Å². The van der Waals surface area contributed by atoms with Crippen molar-refractivity contribution in [1.29, 1.82) is 10.5 Å². The number of carbonyl (C=O) groups excluding carboxylic acids is 1. The lowest BCUT2D eigenvalue weighted by Crippen LogP contribution is -2.25. The average molecular weight is 389 g/mol. The molecule has 0 saturated heterocycles. The van der Waals surface area contributed by atoms with Crippen molar-refractivity contribution >= 4 is 23.0 Å². The van der Waals surface area contributed by atoms with Gasteiger partial charge in [0.05, 0.1) is 48.5 Å². The molecule has 0 radical (unpaired) electrons. The van der Waals surface area contributed by atoms with E-state index < -0.39 is 0 Å². The van der Waals surface area contributed by atoms with Crippen LogP contribution in [-0.2, 0) is 4.74 Å². The molecule has 148 valence electrons. The Kier molecular flexibility index (Phi) is 8.34. The highest BCUT2D eigenvalue weighted by Gasteiger charge is 2.09. The fraction of sp³-hybridized carbons (Fsp3) is 0.318. The predicted octanol–water partition coefficient (Wildman–Crippen LogP) is 5.22. The molecule has 0 unspecified atom stereocenters. The molecule has 0 aromatic heterocycles. The Bertz CT molecular complexity index is 921. The fourth-order valence-corrected chi connectivity index (χ4v) is 2.68. The van der Waals surface area contributed by atoms with Gasteiger partial charge in [0.25, 0.3) is 0 Å². The molecule has 0 bridgehead atoms. The zero-order valence-corrected chi connectivity index (χ0v) is 16.6. The molecule has 0 saturated carbocycles. The summed E-state index contributed by atoms with van der Waals surface area (Å²) >= 11 is 0. The summed E-state index contributed by atoms with van der Waals surface area (Å²) in [5.41, 5.74) is 3.72. The van der Waals surface area contributed by atoms with Gasteiger partial charge in [0, 0.05) is 18.8 Å². The molecule has 0 spiro atoms. The van der Waals surface area contributed by atoms with Crippen molar-refractivity contribution < 1.29 is 9.53 Å². The lowest BCUT2D eigenvalue weighted by molar-refractivity contribution is 0.0526. The van der Waals surface area contributed by atoms with Gasteiger partial charge in [-0.15, -0.1) is 0 Å². The SMILES string of the molecule is CCOC(=O)c1ccc(N=Nc2ccc(N(CCC#N)CCC#N)cc2C)cc1. The van der Waals surface area contributed by atoms with Crippen LogP contribution in [0.15, 0.2) is 52.7 Å². The standard InChI is InChI=1S/C22H23N5O2/c1-3-29-22(28)18-6-8-19(9-7-18)25-26-21-11-10-20(16-17(21)2)27(14-4-12-23)15-5-13-24/h6-11,16H,3-5,14-15H2,1-2H3. The van der Waals surface area contributed by atoms with Gasteiger partial charge in [-0.25, -0.2) is 4.79 Å². The van der Waals surface area contributed by atoms with Crippen LogP contribution in [0.4, 0.5) is 17.1 Å². The molecule has 0 amide bonds. The Hall–Kier alpha value is -3.71. The van der Waals surface area contributed by atoms with E-state index in [1.165, 1.54) is 0 Å². The third-order valence-electron chi connectivity index (χ3n) is 4.18. The maximum absolute atomic E-state index is 11.7. The molecule has 0 aliphatic rings. The zero-order chi connectivity index (χ0) is 21.1. The minimum Gasteiger partial charge on any atom is -0.462 e. The van der Waals surface area contributed by atoms with Crippen LogP contribution in [0.5, 0.6) is 0 Å². The number of anilines is 1. The van der Waals surface area contributed by atoms with Crippen LogP contribution in [0.1, 0.15) is 35.7 Å². The maximum atomic E-state index is 11.7. The summed E-state index contributed by atoms with van der Waals surface area (Å²) in [6, 6.07) is 16.8. The van der Waals surface area contributed by atoms with E-state index in [-0.39, 0.29) is 5.97 Å². The summed E-state index contributed by atoms with van der Waals surface area (Å²) in [4.78, 5) is 13.7. The number of nitriles is 2. The average Bonchev–Trinajstić information content (AvgIpc) is 2.73. The second-order valence-electron chi connectivity index (χ2n) is 6.24. The van der Waals surface area contributed by atoms with Gasteiger partial charge in [-0.05, 0) is 61.9 Å². The number of rotatable bonds is 9. The zero-order valence-electron chi connectivity index (χ0n) is 16.6. The van der Waals surface area contributed by atoms with E-state index in [0.29, 0.717) is 43.8 Å². The number of nitrogens with zero attached hydrogens (tertiary/aromatic N) is 5. The van der Waals surface area contributed by atoms with Gasteiger partial charge in [0.15, 0.2) is 0 Å². The van der Waals surface area contributed by atoms with E-state index in [1.807, 2.05) is 30.0 Å².